The van der Waals surface area contributed by atoms with Crippen LogP contribution in [0.15, 0.2) is 24.5 Å². The SMILES string of the molecule is CC(C)(C)OC(=O)n1cnc2c(CCBr)cccc21. The Morgan fingerprint density at radius 2 is 2.16 bits per heavy atom. The predicted molar refractivity (Wildman–Crippen MR) is 78.9 cm³/mol. The fourth-order valence-corrected chi connectivity index (χ4v) is 2.29. The standard InChI is InChI=1S/C14H17BrN2O2/c1-14(2,3)19-13(18)17-9-16-12-10(7-8-15)5-4-6-11(12)17/h4-6,9H,7-8H2,1-3H3. The Bertz CT molecular complexity index is 599. The third-order valence-corrected chi connectivity index (χ3v) is 3.01. The van der Waals surface area contributed by atoms with Crippen molar-refractivity contribution < 1.29 is 9.53 Å². The smallest absolute Gasteiger partial charge is 0.420 e. The predicted octanol–water partition coefficient (Wildman–Crippen LogP) is 3.76. The highest BCUT2D eigenvalue weighted by molar-refractivity contribution is 9.09. The zero-order chi connectivity index (χ0) is 14.0. The second kappa shape index (κ2) is 5.33. The van der Waals surface area contributed by atoms with Gasteiger partial charge in [0.1, 0.15) is 11.9 Å². The lowest BCUT2D eigenvalue weighted by Crippen LogP contribution is -2.26. The number of hydrogen-bond acceptors (Lipinski definition) is 3. The number of fused-ring (bicyclic) bond motifs is 1. The molecular formula is C14H17BrN2O2. The van der Waals surface area contributed by atoms with Crippen molar-refractivity contribution in [1.82, 2.24) is 9.55 Å². The minimum Gasteiger partial charge on any atom is -0.443 e. The van der Waals surface area contributed by atoms with Crippen molar-refractivity contribution in [2.24, 2.45) is 0 Å². The molecular weight excluding hydrogens is 308 g/mol. The van der Waals surface area contributed by atoms with Crippen molar-refractivity contribution >= 4 is 33.1 Å². The second-order valence-electron chi connectivity index (χ2n) is 5.32. The quantitative estimate of drug-likeness (QED) is 0.790. The van der Waals surface area contributed by atoms with Crippen LogP contribution in [0.1, 0.15) is 26.3 Å². The van der Waals surface area contributed by atoms with Gasteiger partial charge in [-0.25, -0.2) is 14.3 Å². The number of imidazole rings is 1. The van der Waals surface area contributed by atoms with E-state index in [-0.39, 0.29) is 0 Å². The Balaban J connectivity index is 2.41. The molecule has 0 saturated heterocycles. The summed E-state index contributed by atoms with van der Waals surface area (Å²) in [6.45, 7) is 5.54. The van der Waals surface area contributed by atoms with Gasteiger partial charge >= 0.3 is 6.09 Å². The van der Waals surface area contributed by atoms with Crippen LogP contribution in [0.3, 0.4) is 0 Å². The van der Waals surface area contributed by atoms with Crippen molar-refractivity contribution in [2.75, 3.05) is 5.33 Å². The molecule has 19 heavy (non-hydrogen) atoms. The molecule has 2 aromatic rings. The molecule has 0 N–H and O–H groups in total. The largest absolute Gasteiger partial charge is 0.443 e. The van der Waals surface area contributed by atoms with Crippen LogP contribution in [0.4, 0.5) is 4.79 Å². The maximum absolute atomic E-state index is 12.1. The molecule has 4 nitrogen and oxygen atoms in total. The molecule has 0 amide bonds. The molecule has 1 aromatic carbocycles. The lowest BCUT2D eigenvalue weighted by molar-refractivity contribution is 0.0543. The van der Waals surface area contributed by atoms with Crippen LogP contribution < -0.4 is 0 Å². The number of para-hydroxylation sites is 1. The van der Waals surface area contributed by atoms with Gasteiger partial charge in [0.15, 0.2) is 0 Å². The highest BCUT2D eigenvalue weighted by Gasteiger charge is 2.19. The summed E-state index contributed by atoms with van der Waals surface area (Å²) in [6, 6.07) is 5.84. The summed E-state index contributed by atoms with van der Waals surface area (Å²) >= 11 is 3.42. The maximum Gasteiger partial charge on any atom is 0.420 e. The molecule has 5 heteroatoms. The van der Waals surface area contributed by atoms with E-state index in [9.17, 15) is 4.79 Å². The van der Waals surface area contributed by atoms with Gasteiger partial charge in [0, 0.05) is 5.33 Å². The number of aryl methyl sites for hydroxylation is 1. The third kappa shape index (κ3) is 3.15. The van der Waals surface area contributed by atoms with E-state index in [1.807, 2.05) is 39.0 Å². The van der Waals surface area contributed by atoms with Gasteiger partial charge in [-0.15, -0.1) is 0 Å². The summed E-state index contributed by atoms with van der Waals surface area (Å²) in [5.41, 5.74) is 2.25. The molecule has 0 spiro atoms. The van der Waals surface area contributed by atoms with Gasteiger partial charge in [-0.2, -0.15) is 0 Å². The van der Waals surface area contributed by atoms with Crippen LogP contribution in [-0.2, 0) is 11.2 Å². The van der Waals surface area contributed by atoms with Crippen LogP contribution in [-0.4, -0.2) is 26.6 Å². The molecule has 1 aromatic heterocycles. The molecule has 0 bridgehead atoms. The minimum absolute atomic E-state index is 0.397. The molecule has 0 fully saturated rings. The van der Waals surface area contributed by atoms with Crippen molar-refractivity contribution in [3.05, 3.63) is 30.1 Å². The number of halogens is 1. The Kier molecular flexibility index (Phi) is 3.94. The summed E-state index contributed by atoms with van der Waals surface area (Å²) in [4.78, 5) is 16.4. The van der Waals surface area contributed by atoms with Gasteiger partial charge in [-0.3, -0.25) is 0 Å². The molecule has 0 aliphatic rings. The van der Waals surface area contributed by atoms with Crippen LogP contribution in [0.25, 0.3) is 11.0 Å². The number of carbonyl (C=O) groups is 1. The summed E-state index contributed by atoms with van der Waals surface area (Å²) in [5, 5.41) is 0.866. The van der Waals surface area contributed by atoms with Gasteiger partial charge in [0.05, 0.1) is 11.0 Å². The molecule has 0 radical (unpaired) electrons. The Morgan fingerprint density at radius 1 is 1.42 bits per heavy atom. The zero-order valence-electron chi connectivity index (χ0n) is 11.3. The van der Waals surface area contributed by atoms with E-state index in [1.54, 1.807) is 0 Å². The van der Waals surface area contributed by atoms with Gasteiger partial charge in [-0.05, 0) is 38.8 Å². The molecule has 0 aliphatic carbocycles. The number of carbonyl (C=O) groups excluding carboxylic acids is 1. The average Bonchev–Trinajstić information content (AvgIpc) is 2.72. The number of ether oxygens (including phenoxy) is 1. The van der Waals surface area contributed by atoms with E-state index in [4.69, 9.17) is 4.74 Å². The highest BCUT2D eigenvalue weighted by atomic mass is 79.9. The molecule has 0 aliphatic heterocycles. The van der Waals surface area contributed by atoms with Crippen LogP contribution in [0, 0.1) is 0 Å². The monoisotopic (exact) mass is 324 g/mol. The minimum atomic E-state index is -0.513. The number of hydrogen-bond donors (Lipinski definition) is 0. The Labute approximate surface area is 120 Å². The van der Waals surface area contributed by atoms with Crippen molar-refractivity contribution in [3.63, 3.8) is 0 Å². The first-order valence-corrected chi connectivity index (χ1v) is 7.29. The van der Waals surface area contributed by atoms with Gasteiger partial charge in [0.25, 0.3) is 0 Å². The summed E-state index contributed by atoms with van der Waals surface area (Å²) in [5.74, 6) is 0. The maximum atomic E-state index is 12.1. The third-order valence-electron chi connectivity index (χ3n) is 2.61. The molecule has 0 unspecified atom stereocenters. The average molecular weight is 325 g/mol. The normalized spacial score (nSPS) is 11.8. The van der Waals surface area contributed by atoms with E-state index in [0.29, 0.717) is 0 Å². The first kappa shape index (κ1) is 14.1. The van der Waals surface area contributed by atoms with Crippen LogP contribution >= 0.6 is 15.9 Å². The fourth-order valence-electron chi connectivity index (χ4n) is 1.86. The van der Waals surface area contributed by atoms with Crippen LogP contribution in [0.5, 0.6) is 0 Å². The number of rotatable bonds is 2. The number of nitrogens with zero attached hydrogens (tertiary/aromatic N) is 2. The fraction of sp³-hybridized carbons (Fsp3) is 0.429. The van der Waals surface area contributed by atoms with E-state index in [0.717, 1.165) is 28.3 Å². The van der Waals surface area contributed by atoms with Crippen LogP contribution in [0.2, 0.25) is 0 Å². The number of alkyl halides is 1. The first-order valence-electron chi connectivity index (χ1n) is 6.16. The summed E-state index contributed by atoms with van der Waals surface area (Å²) in [7, 11) is 0. The van der Waals surface area contributed by atoms with E-state index in [1.165, 1.54) is 10.9 Å². The summed E-state index contributed by atoms with van der Waals surface area (Å²) in [6.07, 6.45) is 2.00. The van der Waals surface area contributed by atoms with Crippen molar-refractivity contribution in [1.29, 1.82) is 0 Å². The van der Waals surface area contributed by atoms with Crippen molar-refractivity contribution in [3.8, 4) is 0 Å². The Hall–Kier alpha value is -1.36. The molecule has 0 atom stereocenters. The van der Waals surface area contributed by atoms with Gasteiger partial charge in [0.2, 0.25) is 0 Å². The summed E-state index contributed by atoms with van der Waals surface area (Å²) < 4.78 is 6.82. The van der Waals surface area contributed by atoms with Crippen molar-refractivity contribution in [2.45, 2.75) is 32.8 Å². The van der Waals surface area contributed by atoms with E-state index >= 15 is 0 Å². The number of aromatic nitrogens is 2. The van der Waals surface area contributed by atoms with E-state index < -0.39 is 11.7 Å². The molecule has 1 heterocycles. The first-order chi connectivity index (χ1) is 8.92. The molecule has 0 saturated carbocycles. The molecule has 2 rings (SSSR count). The highest BCUT2D eigenvalue weighted by Crippen LogP contribution is 2.20. The lowest BCUT2D eigenvalue weighted by atomic mass is 10.1. The molecule has 102 valence electrons. The zero-order valence-corrected chi connectivity index (χ0v) is 12.9. The van der Waals surface area contributed by atoms with Gasteiger partial charge < -0.3 is 4.74 Å². The lowest BCUT2D eigenvalue weighted by Gasteiger charge is -2.19. The topological polar surface area (TPSA) is 44.1 Å². The number of benzene rings is 1. The Morgan fingerprint density at radius 3 is 2.79 bits per heavy atom. The van der Waals surface area contributed by atoms with E-state index in [2.05, 4.69) is 20.9 Å². The second-order valence-corrected chi connectivity index (χ2v) is 6.11. The van der Waals surface area contributed by atoms with Gasteiger partial charge in [-0.1, -0.05) is 28.1 Å².